The van der Waals surface area contributed by atoms with Crippen molar-refractivity contribution in [1.29, 1.82) is 0 Å². The maximum absolute atomic E-state index is 12.8. The molecule has 2 atom stereocenters. The molecule has 2 saturated heterocycles. The molecule has 9 nitrogen and oxygen atoms in total. The number of carboxylic acids is 1. The molecule has 1 aliphatic carbocycles. The van der Waals surface area contributed by atoms with Gasteiger partial charge in [-0.1, -0.05) is 0 Å². The summed E-state index contributed by atoms with van der Waals surface area (Å²) < 4.78 is 0. The molecule has 1 aromatic carbocycles. The van der Waals surface area contributed by atoms with E-state index in [9.17, 15) is 29.4 Å². The number of hydrogen-bond acceptors (Lipinski definition) is 7. The molecule has 35 heavy (non-hydrogen) atoms. The molecule has 3 fully saturated rings. The Morgan fingerprint density at radius 3 is 2.60 bits per heavy atom. The summed E-state index contributed by atoms with van der Waals surface area (Å²) >= 11 is 2.65. The number of hydrogen-bond donors (Lipinski definition) is 3. The zero-order valence-electron chi connectivity index (χ0n) is 20.1. The fraction of sp³-hybridized carbons (Fsp3) is 0.391. The number of thioether (sulfide) groups is 2. The topological polar surface area (TPSA) is 127 Å². The zero-order chi connectivity index (χ0) is 24.0. The summed E-state index contributed by atoms with van der Waals surface area (Å²) in [5.74, 6) is -1.50. The van der Waals surface area contributed by atoms with E-state index in [0.29, 0.717) is 35.9 Å². The van der Waals surface area contributed by atoms with E-state index in [2.05, 4.69) is 5.32 Å². The van der Waals surface area contributed by atoms with Gasteiger partial charge in [-0.25, -0.2) is 4.79 Å². The predicted molar refractivity (Wildman–Crippen MR) is 127 cm³/mol. The molecule has 5 rings (SSSR count). The largest absolute Gasteiger partial charge is 1.00 e. The first-order chi connectivity index (χ1) is 16.3. The Labute approximate surface area is 234 Å². The molecular formula is C23H24N3NaO6S2. The number of amides is 3. The Hall–Kier alpha value is -1.92. The minimum atomic E-state index is -1.22. The number of β-lactam (4-membered cyclic amide) rings is 1. The molecule has 1 aromatic rings. The number of nitrogens with zero attached hydrogens (tertiary/aromatic N) is 2. The van der Waals surface area contributed by atoms with Crippen LogP contribution in [0, 0.1) is 0 Å². The van der Waals surface area contributed by atoms with Gasteiger partial charge in [-0.2, -0.15) is 0 Å². The van der Waals surface area contributed by atoms with Gasteiger partial charge in [-0.3, -0.25) is 19.3 Å². The van der Waals surface area contributed by atoms with Crippen LogP contribution in [0.3, 0.4) is 0 Å². The number of nitrogens with one attached hydrogen (secondary N) is 1. The van der Waals surface area contributed by atoms with Crippen LogP contribution in [0.2, 0.25) is 0 Å². The van der Waals surface area contributed by atoms with Crippen LogP contribution < -0.4 is 34.9 Å². The third-order valence-electron chi connectivity index (χ3n) is 6.22. The van der Waals surface area contributed by atoms with Gasteiger partial charge in [0.05, 0.1) is 5.75 Å². The van der Waals surface area contributed by atoms with E-state index in [0.717, 1.165) is 17.7 Å². The van der Waals surface area contributed by atoms with Gasteiger partial charge in [-0.05, 0) is 55.2 Å². The van der Waals surface area contributed by atoms with Crippen molar-refractivity contribution in [2.24, 2.45) is 0 Å². The molecule has 12 heteroatoms. The second-order valence-corrected chi connectivity index (χ2v) is 10.7. The SMILES string of the molecule is O=C(CSc1ccc(O)cc1)N[C@@H]1C(=O)N2C(C(=O)O)=C(/C=C3\CCN(C4CC4)C3=O)CS[C@H]12.[H-].[Na+]. The quantitative estimate of drug-likeness (QED) is 0.173. The van der Waals surface area contributed by atoms with Crippen LogP contribution in [-0.2, 0) is 19.2 Å². The Bertz CT molecular complexity index is 1140. The van der Waals surface area contributed by atoms with E-state index in [1.807, 2.05) is 4.90 Å². The van der Waals surface area contributed by atoms with Gasteiger partial charge in [0.1, 0.15) is 22.9 Å². The number of allylic oxidation sites excluding steroid dienone is 1. The molecule has 180 valence electrons. The van der Waals surface area contributed by atoms with E-state index in [-0.39, 0.29) is 60.0 Å². The summed E-state index contributed by atoms with van der Waals surface area (Å²) in [4.78, 5) is 53.8. The first kappa shape index (κ1) is 26.2. The zero-order valence-corrected chi connectivity index (χ0v) is 22.7. The van der Waals surface area contributed by atoms with Crippen molar-refractivity contribution in [3.8, 4) is 5.75 Å². The van der Waals surface area contributed by atoms with Crippen molar-refractivity contribution in [3.05, 3.63) is 47.2 Å². The van der Waals surface area contributed by atoms with Crippen molar-refractivity contribution < 1.29 is 60.4 Å². The van der Waals surface area contributed by atoms with Crippen LogP contribution in [0.25, 0.3) is 0 Å². The standard InChI is InChI=1S/C23H23N3O6S2.Na.H/c27-15-3-5-16(6-4-15)33-11-17(28)24-18-21(30)26-19(23(31)32)13(10-34-22(18)26)9-12-7-8-25(20(12)29)14-1-2-14;;/h3-6,9,14,18,22,27H,1-2,7-8,10-11H2,(H,24,28)(H,31,32);;/q;+1;-1/b12-9+;;/t18-,22-;;/m1../s1. The molecular weight excluding hydrogens is 501 g/mol. The molecule has 3 amide bonds. The van der Waals surface area contributed by atoms with Crippen molar-refractivity contribution in [2.45, 2.75) is 41.6 Å². The van der Waals surface area contributed by atoms with Gasteiger partial charge in [-0.15, -0.1) is 23.5 Å². The van der Waals surface area contributed by atoms with E-state index >= 15 is 0 Å². The summed E-state index contributed by atoms with van der Waals surface area (Å²) in [5.41, 5.74) is 0.933. The number of phenols is 1. The van der Waals surface area contributed by atoms with Crippen molar-refractivity contribution in [2.75, 3.05) is 18.1 Å². The number of likely N-dealkylation sites (tertiary alicyclic amines) is 1. The molecule has 3 N–H and O–H groups in total. The molecule has 3 heterocycles. The van der Waals surface area contributed by atoms with Gasteiger partial charge in [0.25, 0.3) is 5.91 Å². The molecule has 3 aliphatic heterocycles. The fourth-order valence-corrected chi connectivity index (χ4v) is 6.39. The summed E-state index contributed by atoms with van der Waals surface area (Å²) in [5, 5.41) is 21.4. The maximum Gasteiger partial charge on any atom is 1.00 e. The Morgan fingerprint density at radius 2 is 1.94 bits per heavy atom. The number of phenolic OH excluding ortho intramolecular Hbond substituents is 1. The molecule has 0 radical (unpaired) electrons. The Balaban J connectivity index is 0.00000180. The van der Waals surface area contributed by atoms with Gasteiger partial charge in [0, 0.05) is 28.8 Å². The van der Waals surface area contributed by atoms with Crippen molar-refractivity contribution in [1.82, 2.24) is 15.1 Å². The molecule has 0 aromatic heterocycles. The third-order valence-corrected chi connectivity index (χ3v) is 8.53. The van der Waals surface area contributed by atoms with Crippen LogP contribution in [0.5, 0.6) is 5.75 Å². The number of benzene rings is 1. The van der Waals surface area contributed by atoms with Crippen LogP contribution in [0.15, 0.2) is 52.1 Å². The van der Waals surface area contributed by atoms with Crippen LogP contribution in [0.4, 0.5) is 0 Å². The number of carboxylic acid groups (broad SMARTS) is 1. The van der Waals surface area contributed by atoms with Crippen LogP contribution >= 0.6 is 23.5 Å². The number of fused-ring (bicyclic) bond motifs is 1. The van der Waals surface area contributed by atoms with Crippen LogP contribution in [-0.4, -0.2) is 79.2 Å². The van der Waals surface area contributed by atoms with Crippen molar-refractivity contribution in [3.63, 3.8) is 0 Å². The molecule has 0 spiro atoms. The first-order valence-corrected chi connectivity index (χ1v) is 13.0. The minimum absolute atomic E-state index is 0. The Kier molecular flexibility index (Phi) is 7.92. The second kappa shape index (κ2) is 10.6. The first-order valence-electron chi connectivity index (χ1n) is 11.0. The second-order valence-electron chi connectivity index (χ2n) is 8.57. The van der Waals surface area contributed by atoms with Gasteiger partial charge < -0.3 is 21.9 Å². The summed E-state index contributed by atoms with van der Waals surface area (Å²) in [6.07, 6.45) is 4.25. The molecule has 1 saturated carbocycles. The minimum Gasteiger partial charge on any atom is -1.00 e. The average Bonchev–Trinajstić information content (AvgIpc) is 3.60. The summed E-state index contributed by atoms with van der Waals surface area (Å²) in [7, 11) is 0. The number of rotatable bonds is 7. The van der Waals surface area contributed by atoms with Gasteiger partial charge in [0.15, 0.2) is 0 Å². The van der Waals surface area contributed by atoms with E-state index in [1.54, 1.807) is 18.2 Å². The number of aromatic hydroxyl groups is 1. The van der Waals surface area contributed by atoms with Crippen molar-refractivity contribution >= 4 is 47.2 Å². The Morgan fingerprint density at radius 1 is 1.23 bits per heavy atom. The molecule has 0 unspecified atom stereocenters. The fourth-order valence-electron chi connectivity index (χ4n) is 4.37. The number of carbonyl (C=O) groups is 4. The number of aliphatic carboxylic acids is 1. The normalized spacial score (nSPS) is 24.7. The average molecular weight is 526 g/mol. The summed E-state index contributed by atoms with van der Waals surface area (Å²) in [6.45, 7) is 0.652. The van der Waals surface area contributed by atoms with E-state index < -0.39 is 23.3 Å². The van der Waals surface area contributed by atoms with Gasteiger partial charge >= 0.3 is 35.5 Å². The van der Waals surface area contributed by atoms with Crippen LogP contribution in [0.1, 0.15) is 20.7 Å². The monoisotopic (exact) mass is 525 g/mol. The number of carbonyl (C=O) groups excluding carboxylic acids is 3. The predicted octanol–water partition coefficient (Wildman–Crippen LogP) is -1.34. The third kappa shape index (κ3) is 5.29. The van der Waals surface area contributed by atoms with E-state index in [1.165, 1.54) is 40.6 Å². The smallest absolute Gasteiger partial charge is 1.00 e. The van der Waals surface area contributed by atoms with E-state index in [4.69, 9.17) is 0 Å². The van der Waals surface area contributed by atoms with Gasteiger partial charge in [0.2, 0.25) is 11.8 Å². The maximum atomic E-state index is 12.8. The molecule has 4 aliphatic rings. The summed E-state index contributed by atoms with van der Waals surface area (Å²) in [6, 6.07) is 5.96. The molecule has 0 bridgehead atoms.